The number of aromatic nitrogens is 5. The van der Waals surface area contributed by atoms with E-state index in [0.717, 1.165) is 18.9 Å². The van der Waals surface area contributed by atoms with Gasteiger partial charge in [0.15, 0.2) is 11.6 Å². The van der Waals surface area contributed by atoms with Crippen LogP contribution in [0.2, 0.25) is 0 Å². The summed E-state index contributed by atoms with van der Waals surface area (Å²) in [6, 6.07) is 8.51. The Kier molecular flexibility index (Phi) is 5.05. The lowest BCUT2D eigenvalue weighted by molar-refractivity contribution is 0.225. The molecule has 1 aliphatic rings. The Balaban J connectivity index is 1.42. The molecule has 1 saturated heterocycles. The summed E-state index contributed by atoms with van der Waals surface area (Å²) in [5.74, 6) is 0.316. The van der Waals surface area contributed by atoms with Gasteiger partial charge in [-0.3, -0.25) is 4.68 Å². The molecule has 0 aliphatic carbocycles. The third-order valence-electron chi connectivity index (χ3n) is 5.94. The normalized spacial score (nSPS) is 17.3. The summed E-state index contributed by atoms with van der Waals surface area (Å²) in [6.45, 7) is 10.3. The molecular weight excluding hydrogens is 433 g/mol. The van der Waals surface area contributed by atoms with E-state index in [2.05, 4.69) is 58.2 Å². The van der Waals surface area contributed by atoms with Crippen LogP contribution in [0.15, 0.2) is 42.7 Å². The van der Waals surface area contributed by atoms with Crippen molar-refractivity contribution >= 4 is 16.7 Å². The molecule has 0 amide bonds. The van der Waals surface area contributed by atoms with E-state index in [1.807, 2.05) is 18.2 Å². The fourth-order valence-electron chi connectivity index (χ4n) is 4.97. The Morgan fingerprint density at radius 2 is 1.74 bits per heavy atom. The van der Waals surface area contributed by atoms with Crippen molar-refractivity contribution in [2.24, 2.45) is 7.05 Å². The molecule has 1 fully saturated rings. The van der Waals surface area contributed by atoms with Gasteiger partial charge in [0.1, 0.15) is 22.7 Å². The molecule has 0 spiro atoms. The number of anilines is 1. The molecule has 5 rings (SSSR count). The summed E-state index contributed by atoms with van der Waals surface area (Å²) in [6.07, 6.45) is 3.35. The standard InChI is InChI=1S/C25H28FN7O/c1-24(2)13-33(14-25(3,4)31-24)21-7-6-19(28-29-21)23-20(34)10-16(11-27-23)15-8-17-12-32(5)30-22(17)18(26)9-15/h6-12,31,34H,13-14H2,1-5H3. The van der Waals surface area contributed by atoms with E-state index in [9.17, 15) is 9.50 Å². The number of nitrogens with zero attached hydrogens (tertiary/aromatic N) is 6. The zero-order valence-electron chi connectivity index (χ0n) is 20.0. The fourth-order valence-corrected chi connectivity index (χ4v) is 4.97. The molecule has 176 valence electrons. The third kappa shape index (κ3) is 4.19. The van der Waals surface area contributed by atoms with E-state index >= 15 is 0 Å². The second-order valence-electron chi connectivity index (χ2n) is 10.3. The SMILES string of the molecule is Cn1cc2cc(-c3cnc(-c4ccc(N5CC(C)(C)NC(C)(C)C5)nn4)c(O)c3)cc(F)c2n1. The number of pyridine rings is 1. The number of fused-ring (bicyclic) bond motifs is 1. The van der Waals surface area contributed by atoms with Gasteiger partial charge in [-0.05, 0) is 63.6 Å². The zero-order valence-corrected chi connectivity index (χ0v) is 20.0. The van der Waals surface area contributed by atoms with Crippen molar-refractivity contribution in [2.75, 3.05) is 18.0 Å². The van der Waals surface area contributed by atoms with Crippen LogP contribution in [0.1, 0.15) is 27.7 Å². The van der Waals surface area contributed by atoms with Gasteiger partial charge in [0, 0.05) is 54.6 Å². The van der Waals surface area contributed by atoms with Crippen molar-refractivity contribution in [3.05, 3.63) is 48.5 Å². The molecule has 0 bridgehead atoms. The van der Waals surface area contributed by atoms with E-state index in [1.54, 1.807) is 30.2 Å². The summed E-state index contributed by atoms with van der Waals surface area (Å²) in [5, 5.41) is 27.9. The van der Waals surface area contributed by atoms with E-state index < -0.39 is 5.82 Å². The van der Waals surface area contributed by atoms with Gasteiger partial charge >= 0.3 is 0 Å². The molecule has 1 aliphatic heterocycles. The quantitative estimate of drug-likeness (QED) is 0.478. The van der Waals surface area contributed by atoms with Crippen LogP contribution in [0, 0.1) is 5.82 Å². The number of rotatable bonds is 3. The highest BCUT2D eigenvalue weighted by Gasteiger charge is 2.37. The Morgan fingerprint density at radius 1 is 1.00 bits per heavy atom. The smallest absolute Gasteiger partial charge is 0.151 e. The highest BCUT2D eigenvalue weighted by molar-refractivity contribution is 5.85. The molecule has 0 unspecified atom stereocenters. The van der Waals surface area contributed by atoms with Gasteiger partial charge in [-0.25, -0.2) is 9.37 Å². The van der Waals surface area contributed by atoms with E-state index in [1.165, 1.54) is 6.07 Å². The van der Waals surface area contributed by atoms with Crippen molar-refractivity contribution < 1.29 is 9.50 Å². The van der Waals surface area contributed by atoms with Crippen LogP contribution in [0.25, 0.3) is 33.4 Å². The number of aryl methyl sites for hydroxylation is 1. The Labute approximate surface area is 197 Å². The third-order valence-corrected chi connectivity index (χ3v) is 5.94. The van der Waals surface area contributed by atoms with Crippen LogP contribution in [0.3, 0.4) is 0 Å². The first-order valence-corrected chi connectivity index (χ1v) is 11.2. The number of hydrogen-bond acceptors (Lipinski definition) is 7. The minimum atomic E-state index is -0.419. The maximum atomic E-state index is 14.5. The molecule has 1 aromatic carbocycles. The minimum Gasteiger partial charge on any atom is -0.506 e. The maximum Gasteiger partial charge on any atom is 0.151 e. The Hall–Kier alpha value is -3.59. The number of nitrogens with one attached hydrogen (secondary N) is 1. The first kappa shape index (κ1) is 22.2. The van der Waals surface area contributed by atoms with Crippen LogP contribution in [0.4, 0.5) is 10.2 Å². The van der Waals surface area contributed by atoms with Crippen molar-refractivity contribution in [3.63, 3.8) is 0 Å². The largest absolute Gasteiger partial charge is 0.506 e. The molecule has 8 nitrogen and oxygen atoms in total. The van der Waals surface area contributed by atoms with Crippen LogP contribution >= 0.6 is 0 Å². The lowest BCUT2D eigenvalue weighted by Gasteiger charge is -2.48. The van der Waals surface area contributed by atoms with Crippen molar-refractivity contribution in [1.29, 1.82) is 0 Å². The molecule has 2 N–H and O–H groups in total. The van der Waals surface area contributed by atoms with E-state index in [4.69, 9.17) is 0 Å². The molecule has 4 aromatic rings. The van der Waals surface area contributed by atoms with Crippen LogP contribution in [0.5, 0.6) is 5.75 Å². The maximum absolute atomic E-state index is 14.5. The molecule has 0 saturated carbocycles. The lowest BCUT2D eigenvalue weighted by Crippen LogP contribution is -2.67. The van der Waals surface area contributed by atoms with Crippen molar-refractivity contribution in [2.45, 2.75) is 38.8 Å². The summed E-state index contributed by atoms with van der Waals surface area (Å²) >= 11 is 0. The van der Waals surface area contributed by atoms with Gasteiger partial charge in [-0.1, -0.05) is 0 Å². The summed E-state index contributed by atoms with van der Waals surface area (Å²) in [5.41, 5.74) is 2.19. The van der Waals surface area contributed by atoms with Crippen molar-refractivity contribution in [1.82, 2.24) is 30.3 Å². The monoisotopic (exact) mass is 461 g/mol. The second kappa shape index (κ2) is 7.73. The van der Waals surface area contributed by atoms with Crippen LogP contribution in [-0.4, -0.2) is 54.2 Å². The second-order valence-corrected chi connectivity index (χ2v) is 10.3. The van der Waals surface area contributed by atoms with Gasteiger partial charge in [-0.2, -0.15) is 5.10 Å². The zero-order chi connectivity index (χ0) is 24.3. The van der Waals surface area contributed by atoms with Gasteiger partial charge in [-0.15, -0.1) is 10.2 Å². The highest BCUT2D eigenvalue weighted by atomic mass is 19.1. The molecule has 9 heteroatoms. The average Bonchev–Trinajstić information content (AvgIpc) is 3.12. The first-order valence-electron chi connectivity index (χ1n) is 11.2. The van der Waals surface area contributed by atoms with Gasteiger partial charge in [0.25, 0.3) is 0 Å². The number of aromatic hydroxyl groups is 1. The van der Waals surface area contributed by atoms with Gasteiger partial charge < -0.3 is 15.3 Å². The number of halogens is 1. The van der Waals surface area contributed by atoms with Gasteiger partial charge in [0.05, 0.1) is 0 Å². The summed E-state index contributed by atoms with van der Waals surface area (Å²) in [7, 11) is 1.75. The Bertz CT molecular complexity index is 1360. The predicted molar refractivity (Wildman–Crippen MR) is 130 cm³/mol. The number of piperazine rings is 1. The Morgan fingerprint density at radius 3 is 2.38 bits per heavy atom. The first-order chi connectivity index (χ1) is 16.0. The topological polar surface area (TPSA) is 92.0 Å². The molecule has 0 radical (unpaired) electrons. The number of benzene rings is 1. The summed E-state index contributed by atoms with van der Waals surface area (Å²) in [4.78, 5) is 6.62. The highest BCUT2D eigenvalue weighted by Crippen LogP contribution is 2.33. The van der Waals surface area contributed by atoms with Gasteiger partial charge in [0.2, 0.25) is 0 Å². The molecular formula is C25H28FN7O. The minimum absolute atomic E-state index is 0.0457. The van der Waals surface area contributed by atoms with Crippen molar-refractivity contribution in [3.8, 4) is 28.3 Å². The molecule has 0 atom stereocenters. The molecule has 3 aromatic heterocycles. The predicted octanol–water partition coefficient (Wildman–Crippen LogP) is 3.90. The molecule has 4 heterocycles. The summed E-state index contributed by atoms with van der Waals surface area (Å²) < 4.78 is 16.1. The molecule has 34 heavy (non-hydrogen) atoms. The average molecular weight is 462 g/mol. The number of hydrogen-bond donors (Lipinski definition) is 2. The van der Waals surface area contributed by atoms with E-state index in [0.29, 0.717) is 33.4 Å². The van der Waals surface area contributed by atoms with E-state index in [-0.39, 0.29) is 16.8 Å². The van der Waals surface area contributed by atoms with Crippen LogP contribution in [-0.2, 0) is 7.05 Å². The van der Waals surface area contributed by atoms with Crippen LogP contribution < -0.4 is 10.2 Å². The lowest BCUT2D eigenvalue weighted by atomic mass is 9.91. The fraction of sp³-hybridized carbons (Fsp3) is 0.360.